The van der Waals surface area contributed by atoms with Gasteiger partial charge in [-0.15, -0.1) is 0 Å². The SMILES string of the molecule is O.O.O=[SiH2].[CaH2].[MgH2]. The maximum absolute atomic E-state index is 8.28. The van der Waals surface area contributed by atoms with Gasteiger partial charge in [-0.2, -0.15) is 0 Å². The van der Waals surface area contributed by atoms with Crippen LogP contribution in [0.15, 0.2) is 0 Å². The van der Waals surface area contributed by atoms with Crippen LogP contribution >= 0.6 is 0 Å². The monoisotopic (exact) mass is 150 g/mol. The standard InChI is InChI=1S/Ca.Mg.H2OSi.2H2O.4H/c;;1-2;;;;;;/h;;2H2;2*1H2;;;;. The molecule has 0 fully saturated rings. The molecule has 0 aromatic heterocycles. The van der Waals surface area contributed by atoms with Crippen molar-refractivity contribution in [3.8, 4) is 0 Å². The largest absolute Gasteiger partial charge is 0.316 e. The van der Waals surface area contributed by atoms with Crippen molar-refractivity contribution >= 4 is 70.9 Å². The molecular formula is H10CaMgO3Si. The smallest absolute Gasteiger partial charge is 0.316 e. The molecule has 0 saturated heterocycles. The molecule has 0 rings (SSSR count). The van der Waals surface area contributed by atoms with Crippen LogP contribution in [0.3, 0.4) is 0 Å². The first kappa shape index (κ1) is 44.0. The third kappa shape index (κ3) is 38.1. The molecule has 0 bridgehead atoms. The average molecular weight is 151 g/mol. The van der Waals surface area contributed by atoms with E-state index in [4.69, 9.17) is 4.46 Å². The van der Waals surface area contributed by atoms with Crippen LogP contribution in [0.4, 0.5) is 0 Å². The Balaban J connectivity index is -0.000000000833. The predicted octanol–water partition coefficient (Wildman–Crippen LogP) is -4.52. The molecule has 6 heteroatoms. The minimum atomic E-state index is 0. The number of hydrogen-bond donors (Lipinski definition) is 0. The topological polar surface area (TPSA) is 80.1 Å². The van der Waals surface area contributed by atoms with E-state index < -0.39 is 0 Å². The Morgan fingerprint density at radius 2 is 1.00 bits per heavy atom. The number of hydrogen-bond acceptors (Lipinski definition) is 1. The van der Waals surface area contributed by atoms with Gasteiger partial charge >= 0.3 is 60.8 Å². The van der Waals surface area contributed by atoms with E-state index in [1.807, 2.05) is 0 Å². The minimum absolute atomic E-state index is 0. The molecule has 0 aliphatic heterocycles. The van der Waals surface area contributed by atoms with Crippen molar-refractivity contribution in [2.45, 2.75) is 0 Å². The maximum Gasteiger partial charge on any atom is 0.316 e. The second-order valence-corrected chi connectivity index (χ2v) is 0. The third-order valence-electron chi connectivity index (χ3n) is 0. The van der Waals surface area contributed by atoms with Crippen LogP contribution in [0.25, 0.3) is 0 Å². The Morgan fingerprint density at radius 3 is 1.00 bits per heavy atom. The van der Waals surface area contributed by atoms with E-state index in [0.717, 1.165) is 0 Å². The summed E-state index contributed by atoms with van der Waals surface area (Å²) < 4.78 is 8.28. The second-order valence-electron chi connectivity index (χ2n) is 0. The Morgan fingerprint density at radius 1 is 1.00 bits per heavy atom. The average Bonchev–Trinajstić information content (AvgIpc) is 1.00. The molecule has 36 valence electrons. The second kappa shape index (κ2) is 64.3. The van der Waals surface area contributed by atoms with Crippen LogP contribution in [0.1, 0.15) is 0 Å². The summed E-state index contributed by atoms with van der Waals surface area (Å²) in [6, 6.07) is 0. The summed E-state index contributed by atoms with van der Waals surface area (Å²) in [6.07, 6.45) is 0. The molecule has 0 amide bonds. The van der Waals surface area contributed by atoms with Gasteiger partial charge in [0, 0.05) is 0 Å². The molecule has 0 unspecified atom stereocenters. The Hall–Kier alpha value is 1.96. The Labute approximate surface area is 85.1 Å². The first-order valence-corrected chi connectivity index (χ1v) is 0.866. The fraction of sp³-hybridized carbons (Fsp3) is 0. The molecule has 0 aromatic rings. The van der Waals surface area contributed by atoms with Crippen molar-refractivity contribution in [2.24, 2.45) is 0 Å². The third-order valence-corrected chi connectivity index (χ3v) is 0. The van der Waals surface area contributed by atoms with Crippen LogP contribution in [0.5, 0.6) is 0 Å². The van der Waals surface area contributed by atoms with E-state index in [1.54, 1.807) is 0 Å². The fourth-order valence-electron chi connectivity index (χ4n) is 0. The number of rotatable bonds is 0. The summed E-state index contributed by atoms with van der Waals surface area (Å²) in [5.74, 6) is 0. The minimum Gasteiger partial charge on any atom is 0.316 e. The molecule has 0 heterocycles. The van der Waals surface area contributed by atoms with Crippen molar-refractivity contribution in [3.05, 3.63) is 0 Å². The van der Waals surface area contributed by atoms with Crippen molar-refractivity contribution < 1.29 is 15.4 Å². The Bertz CT molecular complexity index is 10.8. The summed E-state index contributed by atoms with van der Waals surface area (Å²) >= 11 is 0. The zero-order valence-corrected chi connectivity index (χ0v) is 3.53. The van der Waals surface area contributed by atoms with Gasteiger partial charge in [0.15, 0.2) is 0 Å². The van der Waals surface area contributed by atoms with Gasteiger partial charge in [-0.05, 0) is 0 Å². The van der Waals surface area contributed by atoms with Crippen LogP contribution in [0, 0.1) is 0 Å². The van der Waals surface area contributed by atoms with Crippen LogP contribution in [0.2, 0.25) is 0 Å². The quantitative estimate of drug-likeness (QED) is 0.321. The maximum atomic E-state index is 8.28. The van der Waals surface area contributed by atoms with Gasteiger partial charge in [-0.1, -0.05) is 0 Å². The summed E-state index contributed by atoms with van der Waals surface area (Å²) in [6.45, 7) is 0. The molecule has 0 spiro atoms. The Kier molecular flexibility index (Phi) is 471. The molecule has 0 aliphatic rings. The van der Waals surface area contributed by atoms with E-state index in [9.17, 15) is 0 Å². The normalized spacial score (nSPS) is 0.667. The van der Waals surface area contributed by atoms with E-state index in [0.29, 0.717) is 10.1 Å². The predicted molar refractivity (Wildman–Crippen MR) is 33.5 cm³/mol. The van der Waals surface area contributed by atoms with Gasteiger partial charge in [0.25, 0.3) is 0 Å². The van der Waals surface area contributed by atoms with Gasteiger partial charge < -0.3 is 15.4 Å². The molecule has 0 atom stereocenters. The van der Waals surface area contributed by atoms with E-state index in [2.05, 4.69) is 0 Å². The molecule has 0 aromatic carbocycles. The van der Waals surface area contributed by atoms with Gasteiger partial charge in [-0.3, -0.25) is 0 Å². The summed E-state index contributed by atoms with van der Waals surface area (Å²) in [5, 5.41) is 0. The van der Waals surface area contributed by atoms with Crippen LogP contribution in [-0.4, -0.2) is 81.9 Å². The molecule has 0 saturated carbocycles. The van der Waals surface area contributed by atoms with E-state index in [-0.39, 0.29) is 71.7 Å². The summed E-state index contributed by atoms with van der Waals surface area (Å²) in [5.41, 5.74) is 0. The van der Waals surface area contributed by atoms with Gasteiger partial charge in [0.05, 0.1) is 0 Å². The molecule has 4 N–H and O–H groups in total. The van der Waals surface area contributed by atoms with Crippen molar-refractivity contribution in [1.82, 2.24) is 0 Å². The van der Waals surface area contributed by atoms with Crippen LogP contribution < -0.4 is 0 Å². The van der Waals surface area contributed by atoms with Gasteiger partial charge in [0.2, 0.25) is 10.1 Å². The van der Waals surface area contributed by atoms with Crippen LogP contribution in [-0.2, 0) is 4.46 Å². The van der Waals surface area contributed by atoms with Crippen molar-refractivity contribution in [2.75, 3.05) is 0 Å². The first-order chi connectivity index (χ1) is 1.00. The van der Waals surface area contributed by atoms with Crippen molar-refractivity contribution in [1.29, 1.82) is 0 Å². The summed E-state index contributed by atoms with van der Waals surface area (Å²) in [4.78, 5) is 0. The van der Waals surface area contributed by atoms with Gasteiger partial charge in [0.1, 0.15) is 0 Å². The fourth-order valence-corrected chi connectivity index (χ4v) is 0. The van der Waals surface area contributed by atoms with Crippen molar-refractivity contribution in [3.63, 3.8) is 0 Å². The molecule has 0 aliphatic carbocycles. The molecule has 6 heavy (non-hydrogen) atoms. The zero-order valence-electron chi connectivity index (χ0n) is 2.12. The molecular weight excluding hydrogens is 140 g/mol. The molecule has 3 nitrogen and oxygen atoms in total. The first-order valence-electron chi connectivity index (χ1n) is 0.289. The van der Waals surface area contributed by atoms with E-state index in [1.165, 1.54) is 0 Å². The zero-order chi connectivity index (χ0) is 2.00. The van der Waals surface area contributed by atoms with Gasteiger partial charge in [-0.25, -0.2) is 0 Å². The molecule has 0 radical (unpaired) electrons. The summed E-state index contributed by atoms with van der Waals surface area (Å²) in [7, 11) is 0.611. The van der Waals surface area contributed by atoms with E-state index >= 15 is 0 Å².